The number of nitrogens with one attached hydrogen (secondary N) is 1. The Morgan fingerprint density at radius 3 is 2.60 bits per heavy atom. The highest BCUT2D eigenvalue weighted by atomic mass is 19.1. The Morgan fingerprint density at radius 2 is 2.05 bits per heavy atom. The van der Waals surface area contributed by atoms with Gasteiger partial charge in [-0.3, -0.25) is 4.79 Å². The van der Waals surface area contributed by atoms with E-state index in [4.69, 9.17) is 0 Å². The summed E-state index contributed by atoms with van der Waals surface area (Å²) in [5, 5.41) is 2.82. The minimum Gasteiger partial charge on any atom is -0.334 e. The number of carbonyl (C=O) groups is 2. The van der Waals surface area contributed by atoms with E-state index in [2.05, 4.69) is 26.1 Å². The van der Waals surface area contributed by atoms with Crippen LogP contribution in [0.2, 0.25) is 0 Å². The monoisotopic (exact) mass is 278 g/mol. The first-order chi connectivity index (χ1) is 9.26. The molecule has 108 valence electrons. The molecule has 1 N–H and O–H groups in total. The van der Waals surface area contributed by atoms with E-state index in [9.17, 15) is 14.0 Å². The van der Waals surface area contributed by atoms with Crippen molar-refractivity contribution < 1.29 is 14.0 Å². The molecule has 1 aliphatic rings. The second-order valence-electron chi connectivity index (χ2n) is 6.32. The van der Waals surface area contributed by atoms with Crippen molar-refractivity contribution in [2.45, 2.75) is 39.7 Å². The van der Waals surface area contributed by atoms with E-state index in [1.54, 1.807) is 6.07 Å². The maximum absolute atomic E-state index is 13.2. The summed E-state index contributed by atoms with van der Waals surface area (Å²) in [5.74, 6) is -0.770. The average Bonchev–Trinajstić information content (AvgIpc) is 2.25. The number of hydrogen-bond acceptors (Lipinski definition) is 2. The molecule has 0 bridgehead atoms. The van der Waals surface area contributed by atoms with Gasteiger partial charge in [0.1, 0.15) is 5.82 Å². The van der Waals surface area contributed by atoms with Gasteiger partial charge >= 0.3 is 6.03 Å². The number of halogens is 1. The third-order valence-electron chi connectivity index (χ3n) is 3.13. The molecular formula is C15H19FN2O2. The lowest BCUT2D eigenvalue weighted by molar-refractivity contribution is -0.119. The second kappa shape index (κ2) is 5.23. The average molecular weight is 278 g/mol. The molecule has 1 saturated heterocycles. The van der Waals surface area contributed by atoms with E-state index in [0.29, 0.717) is 0 Å². The fourth-order valence-corrected chi connectivity index (χ4v) is 2.44. The van der Waals surface area contributed by atoms with Gasteiger partial charge in [0.15, 0.2) is 0 Å². The topological polar surface area (TPSA) is 49.4 Å². The van der Waals surface area contributed by atoms with Gasteiger partial charge in [-0.2, -0.15) is 0 Å². The van der Waals surface area contributed by atoms with Gasteiger partial charge < -0.3 is 5.32 Å². The minimum absolute atomic E-state index is 0.0270. The van der Waals surface area contributed by atoms with Gasteiger partial charge in [0, 0.05) is 12.5 Å². The van der Waals surface area contributed by atoms with Crippen molar-refractivity contribution in [3.8, 4) is 0 Å². The lowest BCUT2D eigenvalue weighted by Gasteiger charge is -2.34. The predicted molar refractivity (Wildman–Crippen MR) is 74.9 cm³/mol. The van der Waals surface area contributed by atoms with Gasteiger partial charge in [0.2, 0.25) is 5.91 Å². The maximum Gasteiger partial charge on any atom is 0.328 e. The number of amides is 3. The van der Waals surface area contributed by atoms with Crippen LogP contribution in [0, 0.1) is 11.2 Å². The van der Waals surface area contributed by atoms with Crippen molar-refractivity contribution in [2.75, 3.05) is 4.90 Å². The van der Waals surface area contributed by atoms with Gasteiger partial charge in [0.05, 0.1) is 5.69 Å². The Kier molecular flexibility index (Phi) is 3.79. The number of imide groups is 1. The van der Waals surface area contributed by atoms with Crippen LogP contribution in [0.4, 0.5) is 14.9 Å². The van der Waals surface area contributed by atoms with Crippen LogP contribution in [-0.4, -0.2) is 18.0 Å². The standard InChI is InChI=1S/C15H19FN2O2/c1-15(2,3)9-11-8-13(19)18(14(20)17-11)12-6-4-5-10(16)7-12/h4-7,11H,8-9H2,1-3H3,(H,17,20). The van der Waals surface area contributed by atoms with E-state index in [0.717, 1.165) is 11.3 Å². The number of anilines is 1. The van der Waals surface area contributed by atoms with Crippen LogP contribution in [0.5, 0.6) is 0 Å². The van der Waals surface area contributed by atoms with E-state index < -0.39 is 11.8 Å². The molecule has 1 aliphatic heterocycles. The predicted octanol–water partition coefficient (Wildman–Crippen LogP) is 3.08. The zero-order chi connectivity index (χ0) is 14.9. The van der Waals surface area contributed by atoms with E-state index in [1.807, 2.05) is 0 Å². The molecule has 5 heteroatoms. The molecule has 0 aromatic heterocycles. The van der Waals surface area contributed by atoms with Crippen LogP contribution in [0.1, 0.15) is 33.6 Å². The van der Waals surface area contributed by atoms with Crippen molar-refractivity contribution in [3.63, 3.8) is 0 Å². The molecule has 0 saturated carbocycles. The molecular weight excluding hydrogens is 259 g/mol. The van der Waals surface area contributed by atoms with Crippen LogP contribution >= 0.6 is 0 Å². The largest absolute Gasteiger partial charge is 0.334 e. The minimum atomic E-state index is -0.485. The molecule has 2 rings (SSSR count). The number of rotatable bonds is 2. The lowest BCUT2D eigenvalue weighted by atomic mass is 9.86. The number of hydrogen-bond donors (Lipinski definition) is 1. The second-order valence-corrected chi connectivity index (χ2v) is 6.32. The zero-order valence-corrected chi connectivity index (χ0v) is 11.9. The Morgan fingerprint density at radius 1 is 1.35 bits per heavy atom. The Hall–Kier alpha value is -1.91. The lowest BCUT2D eigenvalue weighted by Crippen LogP contribution is -2.55. The van der Waals surface area contributed by atoms with Gasteiger partial charge in [-0.25, -0.2) is 14.1 Å². The molecule has 1 aromatic carbocycles. The Balaban J connectivity index is 2.16. The van der Waals surface area contributed by atoms with Crippen molar-refractivity contribution in [2.24, 2.45) is 5.41 Å². The van der Waals surface area contributed by atoms with Crippen molar-refractivity contribution in [1.82, 2.24) is 5.32 Å². The fraction of sp³-hybridized carbons (Fsp3) is 0.467. The summed E-state index contributed by atoms with van der Waals surface area (Å²) >= 11 is 0. The third kappa shape index (κ3) is 3.35. The number of urea groups is 1. The summed E-state index contributed by atoms with van der Waals surface area (Å²) in [5.41, 5.74) is 0.293. The highest BCUT2D eigenvalue weighted by Crippen LogP contribution is 2.26. The Bertz CT molecular complexity index is 519. The van der Waals surface area contributed by atoms with Gasteiger partial charge in [0.25, 0.3) is 0 Å². The SMILES string of the molecule is CC(C)(C)CC1CC(=O)N(c2cccc(F)c2)C(=O)N1. The maximum atomic E-state index is 13.2. The first-order valence-electron chi connectivity index (χ1n) is 6.65. The molecule has 1 heterocycles. The van der Waals surface area contributed by atoms with Gasteiger partial charge in [-0.05, 0) is 30.0 Å². The van der Waals surface area contributed by atoms with Crippen LogP contribution in [0.3, 0.4) is 0 Å². The number of benzene rings is 1. The molecule has 3 amide bonds. The first-order valence-corrected chi connectivity index (χ1v) is 6.65. The molecule has 20 heavy (non-hydrogen) atoms. The molecule has 1 unspecified atom stereocenters. The summed E-state index contributed by atoms with van der Waals surface area (Å²) < 4.78 is 13.2. The summed E-state index contributed by atoms with van der Waals surface area (Å²) in [6.07, 6.45) is 0.959. The van der Waals surface area contributed by atoms with Gasteiger partial charge in [-0.1, -0.05) is 26.8 Å². The van der Waals surface area contributed by atoms with Crippen molar-refractivity contribution >= 4 is 17.6 Å². The highest BCUT2D eigenvalue weighted by Gasteiger charge is 2.34. The highest BCUT2D eigenvalue weighted by molar-refractivity contribution is 6.16. The summed E-state index contributed by atoms with van der Waals surface area (Å²) in [7, 11) is 0. The van der Waals surface area contributed by atoms with Crippen LogP contribution in [0.15, 0.2) is 24.3 Å². The van der Waals surface area contributed by atoms with E-state index in [-0.39, 0.29) is 29.5 Å². The van der Waals surface area contributed by atoms with Crippen LogP contribution < -0.4 is 10.2 Å². The van der Waals surface area contributed by atoms with E-state index in [1.165, 1.54) is 18.2 Å². The summed E-state index contributed by atoms with van der Waals surface area (Å²) in [6, 6.07) is 4.83. The summed E-state index contributed by atoms with van der Waals surface area (Å²) in [4.78, 5) is 25.2. The first kappa shape index (κ1) is 14.5. The van der Waals surface area contributed by atoms with Crippen LogP contribution in [0.25, 0.3) is 0 Å². The molecule has 0 aliphatic carbocycles. The third-order valence-corrected chi connectivity index (χ3v) is 3.13. The van der Waals surface area contributed by atoms with Crippen LogP contribution in [-0.2, 0) is 4.79 Å². The summed E-state index contributed by atoms with van der Waals surface area (Å²) in [6.45, 7) is 6.17. The molecule has 1 atom stereocenters. The molecule has 0 spiro atoms. The normalized spacial score (nSPS) is 20.0. The smallest absolute Gasteiger partial charge is 0.328 e. The van der Waals surface area contributed by atoms with Crippen molar-refractivity contribution in [1.29, 1.82) is 0 Å². The van der Waals surface area contributed by atoms with Gasteiger partial charge in [-0.15, -0.1) is 0 Å². The fourth-order valence-electron chi connectivity index (χ4n) is 2.44. The molecule has 1 aromatic rings. The molecule has 1 fully saturated rings. The van der Waals surface area contributed by atoms with Crippen molar-refractivity contribution in [3.05, 3.63) is 30.1 Å². The quantitative estimate of drug-likeness (QED) is 0.903. The zero-order valence-electron chi connectivity index (χ0n) is 11.9. The number of carbonyl (C=O) groups excluding carboxylic acids is 2. The molecule has 0 radical (unpaired) electrons. The van der Waals surface area contributed by atoms with E-state index >= 15 is 0 Å². The number of nitrogens with zero attached hydrogens (tertiary/aromatic N) is 1. The Labute approximate surface area is 118 Å². The molecule has 4 nitrogen and oxygen atoms in total.